The molecule has 1 heterocycles. The fourth-order valence-electron chi connectivity index (χ4n) is 3.66. The van der Waals surface area contributed by atoms with Crippen LogP contribution in [-0.4, -0.2) is 29.9 Å². The summed E-state index contributed by atoms with van der Waals surface area (Å²) in [6.45, 7) is 3.99. The Morgan fingerprint density at radius 1 is 0.939 bits per heavy atom. The van der Waals surface area contributed by atoms with Gasteiger partial charge in [-0.3, -0.25) is 4.79 Å². The first-order valence-corrected chi connectivity index (χ1v) is 10.8. The van der Waals surface area contributed by atoms with E-state index in [0.717, 1.165) is 22.4 Å². The van der Waals surface area contributed by atoms with Crippen LogP contribution in [0, 0.1) is 6.92 Å². The second-order valence-electron chi connectivity index (χ2n) is 7.83. The molecule has 0 saturated heterocycles. The van der Waals surface area contributed by atoms with E-state index in [1.165, 1.54) is 0 Å². The number of aromatic nitrogens is 2. The minimum atomic E-state index is -0.210. The molecule has 0 bridgehead atoms. The summed E-state index contributed by atoms with van der Waals surface area (Å²) in [5, 5.41) is 7.88. The maximum absolute atomic E-state index is 13.4. The first kappa shape index (κ1) is 22.1. The third-order valence-corrected chi connectivity index (χ3v) is 5.55. The van der Waals surface area contributed by atoms with Gasteiger partial charge in [-0.1, -0.05) is 48.0 Å². The molecule has 1 unspecified atom stereocenters. The van der Waals surface area contributed by atoms with Gasteiger partial charge in [0, 0.05) is 11.6 Å². The Hall–Kier alpha value is -4.06. The van der Waals surface area contributed by atoms with Crippen molar-refractivity contribution in [2.75, 3.05) is 14.2 Å². The molecule has 6 heteroatoms. The van der Waals surface area contributed by atoms with Crippen LogP contribution in [0.5, 0.6) is 11.5 Å². The summed E-state index contributed by atoms with van der Waals surface area (Å²) in [4.78, 5) is 13.4. The Balaban J connectivity index is 1.76. The van der Waals surface area contributed by atoms with Crippen LogP contribution in [0.1, 0.15) is 34.6 Å². The molecule has 33 heavy (non-hydrogen) atoms. The highest BCUT2D eigenvalue weighted by Gasteiger charge is 2.21. The van der Waals surface area contributed by atoms with Crippen molar-refractivity contribution in [3.63, 3.8) is 0 Å². The number of hydrogen-bond donors (Lipinski definition) is 1. The molecule has 0 aliphatic carbocycles. The number of benzene rings is 3. The van der Waals surface area contributed by atoms with E-state index in [1.807, 2.05) is 80.6 Å². The molecule has 0 saturated carbocycles. The fraction of sp³-hybridized carbons (Fsp3) is 0.185. The largest absolute Gasteiger partial charge is 0.497 e. The summed E-state index contributed by atoms with van der Waals surface area (Å²) < 4.78 is 12.5. The van der Waals surface area contributed by atoms with Crippen LogP contribution in [0.2, 0.25) is 0 Å². The van der Waals surface area contributed by atoms with Gasteiger partial charge in [-0.15, -0.1) is 0 Å². The number of nitrogens with zero attached hydrogens (tertiary/aromatic N) is 2. The molecule has 1 atom stereocenters. The predicted octanol–water partition coefficient (Wildman–Crippen LogP) is 5.36. The Morgan fingerprint density at radius 2 is 1.67 bits per heavy atom. The number of carbonyl (C=O) groups excluding carboxylic acids is 1. The van der Waals surface area contributed by atoms with Crippen LogP contribution >= 0.6 is 0 Å². The highest BCUT2D eigenvalue weighted by molar-refractivity contribution is 5.95. The van der Waals surface area contributed by atoms with Crippen molar-refractivity contribution < 1.29 is 14.3 Å². The van der Waals surface area contributed by atoms with E-state index in [4.69, 9.17) is 14.6 Å². The van der Waals surface area contributed by atoms with E-state index < -0.39 is 0 Å². The molecular formula is C27H27N3O3. The second kappa shape index (κ2) is 9.61. The summed E-state index contributed by atoms with van der Waals surface area (Å²) >= 11 is 0. The molecule has 4 rings (SSSR count). The van der Waals surface area contributed by atoms with Crippen molar-refractivity contribution in [2.45, 2.75) is 19.9 Å². The van der Waals surface area contributed by atoms with Gasteiger partial charge >= 0.3 is 0 Å². The van der Waals surface area contributed by atoms with E-state index in [9.17, 15) is 4.79 Å². The van der Waals surface area contributed by atoms with Crippen LogP contribution in [0.15, 0.2) is 78.9 Å². The SMILES string of the molecule is COc1ccc(-c2cc(C(=O)NC(C)c3ccccc3)n(-c3ccc(C)cc3)n2)c(OC)c1. The lowest BCUT2D eigenvalue weighted by atomic mass is 10.1. The second-order valence-corrected chi connectivity index (χ2v) is 7.83. The number of hydrogen-bond acceptors (Lipinski definition) is 4. The number of amides is 1. The summed E-state index contributed by atoms with van der Waals surface area (Å²) in [5.41, 5.74) is 4.81. The Kier molecular flexibility index (Phi) is 6.45. The van der Waals surface area contributed by atoms with Crippen molar-refractivity contribution >= 4 is 5.91 Å². The maximum atomic E-state index is 13.4. The molecule has 0 aliphatic rings. The van der Waals surface area contributed by atoms with Crippen LogP contribution in [0.25, 0.3) is 16.9 Å². The van der Waals surface area contributed by atoms with E-state index in [2.05, 4.69) is 5.32 Å². The average molecular weight is 442 g/mol. The van der Waals surface area contributed by atoms with Gasteiger partial charge in [0.05, 0.1) is 31.6 Å². The van der Waals surface area contributed by atoms with Crippen molar-refractivity contribution in [3.05, 3.63) is 95.7 Å². The van der Waals surface area contributed by atoms with E-state index >= 15 is 0 Å². The van der Waals surface area contributed by atoms with Gasteiger partial charge in [0.1, 0.15) is 17.2 Å². The lowest BCUT2D eigenvalue weighted by Gasteiger charge is -2.15. The third kappa shape index (κ3) is 4.75. The molecule has 0 spiro atoms. The maximum Gasteiger partial charge on any atom is 0.270 e. The van der Waals surface area contributed by atoms with Crippen LogP contribution < -0.4 is 14.8 Å². The first-order valence-electron chi connectivity index (χ1n) is 10.8. The molecule has 4 aromatic rings. The number of rotatable bonds is 7. The average Bonchev–Trinajstić information content (AvgIpc) is 3.30. The molecule has 3 aromatic carbocycles. The zero-order valence-electron chi connectivity index (χ0n) is 19.2. The molecule has 6 nitrogen and oxygen atoms in total. The van der Waals surface area contributed by atoms with E-state index in [-0.39, 0.29) is 11.9 Å². The van der Waals surface area contributed by atoms with E-state index in [1.54, 1.807) is 31.0 Å². The molecule has 1 aromatic heterocycles. The minimum Gasteiger partial charge on any atom is -0.497 e. The summed E-state index contributed by atoms with van der Waals surface area (Å²) in [6.07, 6.45) is 0. The zero-order valence-corrected chi connectivity index (χ0v) is 19.2. The quantitative estimate of drug-likeness (QED) is 0.420. The van der Waals surface area contributed by atoms with Crippen molar-refractivity contribution in [2.24, 2.45) is 0 Å². The lowest BCUT2D eigenvalue weighted by Crippen LogP contribution is -2.28. The molecule has 0 radical (unpaired) electrons. The van der Waals surface area contributed by atoms with Gasteiger partial charge in [0.25, 0.3) is 5.91 Å². The fourth-order valence-corrected chi connectivity index (χ4v) is 3.66. The van der Waals surface area contributed by atoms with Crippen molar-refractivity contribution in [1.82, 2.24) is 15.1 Å². The standard InChI is InChI=1S/C27H27N3O3/c1-18-10-12-21(13-11-18)30-25(27(31)28-19(2)20-8-6-5-7-9-20)17-24(29-30)23-15-14-22(32-3)16-26(23)33-4/h5-17,19H,1-4H3,(H,28,31). The number of methoxy groups -OCH3 is 2. The Morgan fingerprint density at radius 3 is 2.33 bits per heavy atom. The number of aryl methyl sites for hydroxylation is 1. The lowest BCUT2D eigenvalue weighted by molar-refractivity contribution is 0.0932. The van der Waals surface area contributed by atoms with Crippen molar-refractivity contribution in [1.29, 1.82) is 0 Å². The van der Waals surface area contributed by atoms with Gasteiger partial charge in [-0.05, 0) is 49.7 Å². The molecular weight excluding hydrogens is 414 g/mol. The highest BCUT2D eigenvalue weighted by atomic mass is 16.5. The summed E-state index contributed by atoms with van der Waals surface area (Å²) in [7, 11) is 3.21. The van der Waals surface area contributed by atoms with E-state index in [0.29, 0.717) is 22.9 Å². The Labute approximate surface area is 193 Å². The smallest absolute Gasteiger partial charge is 0.270 e. The van der Waals surface area contributed by atoms with Crippen molar-refractivity contribution in [3.8, 4) is 28.4 Å². The molecule has 1 N–H and O–H groups in total. The summed E-state index contributed by atoms with van der Waals surface area (Å²) in [5.74, 6) is 1.09. The number of carbonyl (C=O) groups is 1. The highest BCUT2D eigenvalue weighted by Crippen LogP contribution is 2.33. The Bertz CT molecular complexity index is 1250. The predicted molar refractivity (Wildman–Crippen MR) is 129 cm³/mol. The third-order valence-electron chi connectivity index (χ3n) is 5.55. The normalized spacial score (nSPS) is 11.6. The zero-order chi connectivity index (χ0) is 23.4. The van der Waals surface area contributed by atoms with Crippen LogP contribution in [-0.2, 0) is 0 Å². The van der Waals surface area contributed by atoms with Gasteiger partial charge in [0.2, 0.25) is 0 Å². The first-order chi connectivity index (χ1) is 16.0. The molecule has 0 aliphatic heterocycles. The topological polar surface area (TPSA) is 65.4 Å². The van der Waals surface area contributed by atoms with Gasteiger partial charge in [0.15, 0.2) is 0 Å². The summed E-state index contributed by atoms with van der Waals surface area (Å²) in [6, 6.07) is 24.9. The van der Waals surface area contributed by atoms with Gasteiger partial charge in [-0.25, -0.2) is 4.68 Å². The molecule has 1 amide bonds. The monoisotopic (exact) mass is 441 g/mol. The van der Waals surface area contributed by atoms with Gasteiger partial charge in [-0.2, -0.15) is 5.10 Å². The van der Waals surface area contributed by atoms with Crippen LogP contribution in [0.3, 0.4) is 0 Å². The van der Waals surface area contributed by atoms with Gasteiger partial charge < -0.3 is 14.8 Å². The minimum absolute atomic E-state index is 0.154. The molecule has 0 fully saturated rings. The van der Waals surface area contributed by atoms with Crippen LogP contribution in [0.4, 0.5) is 0 Å². The molecule has 168 valence electrons. The number of ether oxygens (including phenoxy) is 2. The number of nitrogens with one attached hydrogen (secondary N) is 1.